The first-order chi connectivity index (χ1) is 13.8. The monoisotopic (exact) mass is 365 g/mol. The van der Waals surface area contributed by atoms with E-state index >= 15 is 0 Å². The second kappa shape index (κ2) is 6.86. The maximum atomic E-state index is 13.0. The summed E-state index contributed by atoms with van der Waals surface area (Å²) in [6.45, 7) is 1.10. The fraction of sp³-hybridized carbons (Fsp3) is 0.0800. The van der Waals surface area contributed by atoms with E-state index in [2.05, 4.69) is 24.3 Å². The Hall–Kier alpha value is -3.59. The lowest BCUT2D eigenvalue weighted by molar-refractivity contribution is 0.306. The molecule has 0 radical (unpaired) electrons. The van der Waals surface area contributed by atoms with Gasteiger partial charge in [0.05, 0.1) is 5.69 Å². The number of hydrogen-bond acceptors (Lipinski definition) is 2. The molecule has 0 fully saturated rings. The van der Waals surface area contributed by atoms with Gasteiger partial charge in [0.1, 0.15) is 12.4 Å². The zero-order valence-corrected chi connectivity index (χ0v) is 15.3. The van der Waals surface area contributed by atoms with E-state index in [0.29, 0.717) is 13.2 Å². The lowest BCUT2D eigenvalue weighted by atomic mass is 10.0. The van der Waals surface area contributed by atoms with Gasteiger partial charge in [-0.05, 0) is 46.8 Å². The van der Waals surface area contributed by atoms with Gasteiger partial charge in [0.15, 0.2) is 0 Å². The Kier molecular flexibility index (Phi) is 4.06. The van der Waals surface area contributed by atoms with Crippen molar-refractivity contribution in [1.29, 1.82) is 0 Å². The number of allylic oxidation sites excluding steroid dienone is 1. The van der Waals surface area contributed by atoms with E-state index in [9.17, 15) is 4.79 Å². The van der Waals surface area contributed by atoms with Crippen LogP contribution < -0.4 is 10.3 Å². The van der Waals surface area contributed by atoms with Crippen LogP contribution in [-0.2, 0) is 13.2 Å². The van der Waals surface area contributed by atoms with Crippen molar-refractivity contribution in [3.63, 3.8) is 0 Å². The number of rotatable bonds is 3. The summed E-state index contributed by atoms with van der Waals surface area (Å²) in [6, 6.07) is 26.1. The molecular formula is C25H19NO2. The smallest absolute Gasteiger partial charge is 0.259 e. The third kappa shape index (κ3) is 2.91. The van der Waals surface area contributed by atoms with Gasteiger partial charge in [-0.1, -0.05) is 60.7 Å². The molecule has 1 aliphatic rings. The number of nitrogens with zero attached hydrogens (tertiary/aromatic N) is 1. The lowest BCUT2D eigenvalue weighted by Crippen LogP contribution is -2.21. The maximum absolute atomic E-state index is 13.0. The van der Waals surface area contributed by atoms with Crippen LogP contribution in [-0.4, -0.2) is 4.57 Å². The summed E-state index contributed by atoms with van der Waals surface area (Å²) >= 11 is 0. The highest BCUT2D eigenvalue weighted by Crippen LogP contribution is 2.31. The molecule has 5 rings (SSSR count). The molecule has 28 heavy (non-hydrogen) atoms. The van der Waals surface area contributed by atoms with E-state index in [1.807, 2.05) is 71.3 Å². The summed E-state index contributed by atoms with van der Waals surface area (Å²) in [5.41, 5.74) is 4.24. The van der Waals surface area contributed by atoms with Gasteiger partial charge in [0, 0.05) is 17.5 Å². The van der Waals surface area contributed by atoms with Crippen molar-refractivity contribution in [2.75, 3.05) is 0 Å². The number of aromatic nitrogens is 1. The van der Waals surface area contributed by atoms with Gasteiger partial charge < -0.3 is 9.30 Å². The predicted molar refractivity (Wildman–Crippen MR) is 113 cm³/mol. The average molecular weight is 365 g/mol. The average Bonchev–Trinajstić information content (AvgIpc) is 2.92. The van der Waals surface area contributed by atoms with E-state index in [1.54, 1.807) is 0 Å². The first-order valence-electron chi connectivity index (χ1n) is 9.40. The summed E-state index contributed by atoms with van der Waals surface area (Å²) in [6.07, 6.45) is 4.11. The van der Waals surface area contributed by atoms with Crippen molar-refractivity contribution in [1.82, 2.24) is 4.57 Å². The Morgan fingerprint density at radius 1 is 0.893 bits per heavy atom. The predicted octanol–water partition coefficient (Wildman–Crippen LogP) is 5.27. The van der Waals surface area contributed by atoms with Gasteiger partial charge in [-0.25, -0.2) is 0 Å². The molecule has 0 saturated heterocycles. The van der Waals surface area contributed by atoms with Crippen molar-refractivity contribution < 1.29 is 4.74 Å². The van der Waals surface area contributed by atoms with E-state index in [-0.39, 0.29) is 5.56 Å². The van der Waals surface area contributed by atoms with Crippen LogP contribution in [0.3, 0.4) is 0 Å². The van der Waals surface area contributed by atoms with Gasteiger partial charge in [-0.3, -0.25) is 4.79 Å². The van der Waals surface area contributed by atoms with Crippen molar-refractivity contribution in [3.8, 4) is 17.0 Å². The standard InChI is InChI=1S/C25H19NO2/c27-25-23-11-5-4-9-20(23)16-24-22-13-12-21(15-19(22)10-6-14-26(24)25)28-17-18-7-2-1-3-8-18/h1-13,15-16H,14,17H2. The summed E-state index contributed by atoms with van der Waals surface area (Å²) in [5, 5.41) is 1.72. The minimum absolute atomic E-state index is 0.0509. The lowest BCUT2D eigenvalue weighted by Gasteiger charge is -2.14. The fourth-order valence-corrected chi connectivity index (χ4v) is 3.73. The van der Waals surface area contributed by atoms with Gasteiger partial charge in [-0.2, -0.15) is 0 Å². The number of fused-ring (bicyclic) bond motifs is 4. The quantitative estimate of drug-likeness (QED) is 0.495. The van der Waals surface area contributed by atoms with Crippen molar-refractivity contribution in [2.24, 2.45) is 0 Å². The third-order valence-electron chi connectivity index (χ3n) is 5.15. The van der Waals surface area contributed by atoms with Crippen LogP contribution in [0.2, 0.25) is 0 Å². The SMILES string of the molecule is O=c1c2ccccc2cc2n1CC=Cc1cc(OCc3ccccc3)ccc1-2. The largest absolute Gasteiger partial charge is 0.489 e. The van der Waals surface area contributed by atoms with Crippen LogP contribution in [0.25, 0.3) is 28.1 Å². The number of benzene rings is 3. The van der Waals surface area contributed by atoms with Crippen LogP contribution >= 0.6 is 0 Å². The molecule has 1 aromatic heterocycles. The van der Waals surface area contributed by atoms with E-state index < -0.39 is 0 Å². The highest BCUT2D eigenvalue weighted by molar-refractivity contribution is 5.87. The Morgan fingerprint density at radius 2 is 1.71 bits per heavy atom. The minimum Gasteiger partial charge on any atom is -0.489 e. The molecule has 0 spiro atoms. The minimum atomic E-state index is 0.0509. The van der Waals surface area contributed by atoms with Gasteiger partial charge in [0.25, 0.3) is 5.56 Å². The maximum Gasteiger partial charge on any atom is 0.259 e. The summed E-state index contributed by atoms with van der Waals surface area (Å²) in [7, 11) is 0. The van der Waals surface area contributed by atoms with E-state index in [0.717, 1.165) is 38.9 Å². The Morgan fingerprint density at radius 3 is 2.61 bits per heavy atom. The molecular weight excluding hydrogens is 346 g/mol. The molecule has 0 aliphatic carbocycles. The Labute approximate surface area is 163 Å². The van der Waals surface area contributed by atoms with Crippen LogP contribution in [0, 0.1) is 0 Å². The number of ether oxygens (including phenoxy) is 1. The Bertz CT molecular complexity index is 1250. The molecule has 3 aromatic carbocycles. The van der Waals surface area contributed by atoms with Crippen LogP contribution in [0.5, 0.6) is 5.75 Å². The molecule has 0 N–H and O–H groups in total. The molecule has 3 nitrogen and oxygen atoms in total. The molecule has 0 bridgehead atoms. The zero-order valence-electron chi connectivity index (χ0n) is 15.3. The second-order valence-electron chi connectivity index (χ2n) is 6.96. The molecule has 3 heteroatoms. The molecule has 136 valence electrons. The first-order valence-corrected chi connectivity index (χ1v) is 9.40. The van der Waals surface area contributed by atoms with Gasteiger partial charge in [-0.15, -0.1) is 0 Å². The first kappa shape index (κ1) is 16.6. The van der Waals surface area contributed by atoms with Gasteiger partial charge in [0.2, 0.25) is 0 Å². The van der Waals surface area contributed by atoms with E-state index in [1.165, 1.54) is 0 Å². The zero-order chi connectivity index (χ0) is 18.9. The summed E-state index contributed by atoms with van der Waals surface area (Å²) in [4.78, 5) is 13.0. The summed E-state index contributed by atoms with van der Waals surface area (Å²) in [5.74, 6) is 0.823. The fourth-order valence-electron chi connectivity index (χ4n) is 3.73. The molecule has 4 aromatic rings. The highest BCUT2D eigenvalue weighted by Gasteiger charge is 2.15. The normalized spacial score (nSPS) is 12.3. The summed E-state index contributed by atoms with van der Waals surface area (Å²) < 4.78 is 7.82. The van der Waals surface area contributed by atoms with Crippen LogP contribution in [0.15, 0.2) is 89.7 Å². The van der Waals surface area contributed by atoms with Crippen LogP contribution in [0.1, 0.15) is 11.1 Å². The molecule has 0 amide bonds. The van der Waals surface area contributed by atoms with Gasteiger partial charge >= 0.3 is 0 Å². The third-order valence-corrected chi connectivity index (χ3v) is 5.15. The van der Waals surface area contributed by atoms with Crippen molar-refractivity contribution >= 4 is 16.8 Å². The number of hydrogen-bond donors (Lipinski definition) is 0. The number of pyridine rings is 1. The highest BCUT2D eigenvalue weighted by atomic mass is 16.5. The Balaban J connectivity index is 1.56. The van der Waals surface area contributed by atoms with Crippen molar-refractivity contribution in [2.45, 2.75) is 13.2 Å². The topological polar surface area (TPSA) is 31.2 Å². The molecule has 2 heterocycles. The molecule has 0 saturated carbocycles. The van der Waals surface area contributed by atoms with Crippen LogP contribution in [0.4, 0.5) is 0 Å². The van der Waals surface area contributed by atoms with Crippen molar-refractivity contribution in [3.05, 3.63) is 106 Å². The second-order valence-corrected chi connectivity index (χ2v) is 6.96. The molecule has 0 atom stereocenters. The molecule has 0 unspecified atom stereocenters. The molecule has 1 aliphatic heterocycles. The van der Waals surface area contributed by atoms with E-state index in [4.69, 9.17) is 4.74 Å².